The summed E-state index contributed by atoms with van der Waals surface area (Å²) in [4.78, 5) is 0.321. The fraction of sp³-hybridized carbons (Fsp3) is 0. The van der Waals surface area contributed by atoms with Gasteiger partial charge in [-0.1, -0.05) is 0 Å². The number of nitrogens with two attached hydrogens (primary N) is 1. The lowest BCUT2D eigenvalue weighted by Crippen LogP contribution is -2.24. The van der Waals surface area contributed by atoms with Crippen molar-refractivity contribution in [2.24, 2.45) is 5.84 Å². The van der Waals surface area contributed by atoms with Crippen LogP contribution in [0.1, 0.15) is 0 Å². The second-order valence-electron chi connectivity index (χ2n) is 2.46. The summed E-state index contributed by atoms with van der Waals surface area (Å²) in [6.45, 7) is 0. The quantitative estimate of drug-likeness (QED) is 0.427. The van der Waals surface area contributed by atoms with E-state index in [1.165, 1.54) is 6.07 Å². The van der Waals surface area contributed by atoms with Crippen LogP contribution in [-0.4, -0.2) is 8.42 Å². The van der Waals surface area contributed by atoms with Gasteiger partial charge in [0.15, 0.2) is 0 Å². The molecule has 6 heteroatoms. The standard InChI is InChI=1S/C6H7N3O2S/c7-8-4-1-2-6-5(3-4)9-12(6,10)11/h1-3,8-9H,7H2. The maximum absolute atomic E-state index is 10.9. The Bertz CT molecular complexity index is 426. The van der Waals surface area contributed by atoms with Crippen molar-refractivity contribution < 1.29 is 8.42 Å². The van der Waals surface area contributed by atoms with Gasteiger partial charge in [-0.2, -0.15) is 0 Å². The first-order chi connectivity index (χ1) is 5.63. The molecule has 0 saturated heterocycles. The molecular weight excluding hydrogens is 178 g/mol. The van der Waals surface area contributed by atoms with Crippen LogP contribution in [0.15, 0.2) is 23.1 Å². The number of hydrogen-bond acceptors (Lipinski definition) is 4. The molecule has 0 radical (unpaired) electrons. The van der Waals surface area contributed by atoms with Crippen LogP contribution in [0, 0.1) is 0 Å². The zero-order valence-electron chi connectivity index (χ0n) is 6.03. The van der Waals surface area contributed by atoms with Crippen molar-refractivity contribution in [2.45, 2.75) is 4.90 Å². The average Bonchev–Trinajstić information content (AvgIpc) is 2.02. The number of hydrogen-bond donors (Lipinski definition) is 3. The van der Waals surface area contributed by atoms with Gasteiger partial charge < -0.3 is 5.43 Å². The second kappa shape index (κ2) is 2.11. The second-order valence-corrected chi connectivity index (χ2v) is 4.11. The van der Waals surface area contributed by atoms with Crippen molar-refractivity contribution in [3.05, 3.63) is 18.2 Å². The third-order valence-corrected chi connectivity index (χ3v) is 3.10. The van der Waals surface area contributed by atoms with Gasteiger partial charge in [-0.3, -0.25) is 10.6 Å². The van der Waals surface area contributed by atoms with Crippen LogP contribution in [-0.2, 0) is 10.0 Å². The molecule has 0 bridgehead atoms. The number of fused-ring (bicyclic) bond motifs is 1. The molecule has 0 amide bonds. The third kappa shape index (κ3) is 0.853. The molecule has 5 nitrogen and oxygen atoms in total. The zero-order valence-corrected chi connectivity index (χ0v) is 6.85. The number of nitrogens with one attached hydrogen (secondary N) is 2. The van der Waals surface area contributed by atoms with Crippen LogP contribution in [0.4, 0.5) is 11.4 Å². The highest BCUT2D eigenvalue weighted by atomic mass is 32.2. The van der Waals surface area contributed by atoms with E-state index in [-0.39, 0.29) is 0 Å². The fourth-order valence-corrected chi connectivity index (χ4v) is 2.15. The van der Waals surface area contributed by atoms with E-state index in [1.807, 2.05) is 0 Å². The molecule has 0 aliphatic carbocycles. The van der Waals surface area contributed by atoms with Crippen molar-refractivity contribution in [1.29, 1.82) is 0 Å². The lowest BCUT2D eigenvalue weighted by atomic mass is 10.3. The predicted octanol–water partition coefficient (Wildman–Crippen LogP) is 0.0864. The van der Waals surface area contributed by atoms with Gasteiger partial charge in [-0.15, -0.1) is 0 Å². The Morgan fingerprint density at radius 1 is 1.42 bits per heavy atom. The molecule has 2 rings (SSSR count). The van der Waals surface area contributed by atoms with E-state index in [0.29, 0.717) is 16.3 Å². The minimum atomic E-state index is -3.18. The summed E-state index contributed by atoms with van der Waals surface area (Å²) in [5.41, 5.74) is 3.69. The number of anilines is 2. The number of sulfonamides is 1. The third-order valence-electron chi connectivity index (χ3n) is 1.68. The molecule has 1 aromatic rings. The first-order valence-electron chi connectivity index (χ1n) is 3.27. The Balaban J connectivity index is 2.55. The lowest BCUT2D eigenvalue weighted by molar-refractivity contribution is 0.597. The molecule has 0 spiro atoms. The van der Waals surface area contributed by atoms with Gasteiger partial charge in [-0.05, 0) is 18.2 Å². The van der Waals surface area contributed by atoms with Gasteiger partial charge in [0.2, 0.25) is 0 Å². The molecule has 1 aliphatic heterocycles. The van der Waals surface area contributed by atoms with E-state index in [1.54, 1.807) is 12.1 Å². The Hall–Kier alpha value is -1.27. The molecule has 0 atom stereocenters. The number of rotatable bonds is 1. The normalized spacial score (nSPS) is 17.1. The average molecular weight is 185 g/mol. The topological polar surface area (TPSA) is 84.2 Å². The first kappa shape index (κ1) is 7.38. The fourth-order valence-electron chi connectivity index (χ4n) is 1.09. The van der Waals surface area contributed by atoms with E-state index in [2.05, 4.69) is 10.1 Å². The Kier molecular flexibility index (Phi) is 1.30. The van der Waals surface area contributed by atoms with Gasteiger partial charge in [0.1, 0.15) is 4.90 Å². The van der Waals surface area contributed by atoms with Crippen LogP contribution < -0.4 is 16.0 Å². The SMILES string of the molecule is NNc1ccc2c(c1)NS2(=O)=O. The molecule has 0 fully saturated rings. The van der Waals surface area contributed by atoms with Crippen LogP contribution in [0.2, 0.25) is 0 Å². The summed E-state index contributed by atoms with van der Waals surface area (Å²) in [6.07, 6.45) is 0. The number of hydrazine groups is 1. The molecule has 1 heterocycles. The minimum absolute atomic E-state index is 0.321. The summed E-state index contributed by atoms with van der Waals surface area (Å²) in [5, 5.41) is 0. The Morgan fingerprint density at radius 2 is 2.17 bits per heavy atom. The largest absolute Gasteiger partial charge is 0.324 e. The molecule has 1 aromatic carbocycles. The van der Waals surface area contributed by atoms with Crippen molar-refractivity contribution in [3.8, 4) is 0 Å². The van der Waals surface area contributed by atoms with Crippen LogP contribution in [0.25, 0.3) is 0 Å². The Morgan fingerprint density at radius 3 is 2.67 bits per heavy atom. The van der Waals surface area contributed by atoms with Gasteiger partial charge in [0.05, 0.1) is 11.4 Å². The highest BCUT2D eigenvalue weighted by Crippen LogP contribution is 2.34. The number of nitrogen functional groups attached to an aromatic ring is 1. The summed E-state index contributed by atoms with van der Waals surface area (Å²) in [7, 11) is -3.18. The minimum Gasteiger partial charge on any atom is -0.324 e. The maximum Gasteiger partial charge on any atom is 0.264 e. The van der Waals surface area contributed by atoms with Crippen LogP contribution in [0.3, 0.4) is 0 Å². The molecule has 4 N–H and O–H groups in total. The molecule has 12 heavy (non-hydrogen) atoms. The van der Waals surface area contributed by atoms with E-state index >= 15 is 0 Å². The number of benzene rings is 1. The van der Waals surface area contributed by atoms with E-state index in [4.69, 9.17) is 5.84 Å². The van der Waals surface area contributed by atoms with E-state index in [0.717, 1.165) is 0 Å². The molecule has 1 aliphatic rings. The maximum atomic E-state index is 10.9. The predicted molar refractivity (Wildman–Crippen MR) is 45.1 cm³/mol. The van der Waals surface area contributed by atoms with Crippen molar-refractivity contribution in [1.82, 2.24) is 0 Å². The monoisotopic (exact) mass is 185 g/mol. The van der Waals surface area contributed by atoms with Crippen LogP contribution >= 0.6 is 0 Å². The highest BCUT2D eigenvalue weighted by Gasteiger charge is 2.29. The van der Waals surface area contributed by atoms with E-state index in [9.17, 15) is 8.42 Å². The molecule has 0 unspecified atom stereocenters. The molecular formula is C6H7N3O2S. The van der Waals surface area contributed by atoms with Gasteiger partial charge in [-0.25, -0.2) is 8.42 Å². The Labute approximate surface area is 69.6 Å². The summed E-state index contributed by atoms with van der Waals surface area (Å²) >= 11 is 0. The molecule has 64 valence electrons. The van der Waals surface area contributed by atoms with Crippen LogP contribution in [0.5, 0.6) is 0 Å². The summed E-state index contributed by atoms with van der Waals surface area (Å²) in [6, 6.07) is 4.75. The van der Waals surface area contributed by atoms with Crippen molar-refractivity contribution in [2.75, 3.05) is 10.1 Å². The van der Waals surface area contributed by atoms with Gasteiger partial charge in [0.25, 0.3) is 10.0 Å². The van der Waals surface area contributed by atoms with Crippen molar-refractivity contribution in [3.63, 3.8) is 0 Å². The van der Waals surface area contributed by atoms with Crippen molar-refractivity contribution >= 4 is 21.4 Å². The summed E-state index contributed by atoms with van der Waals surface area (Å²) < 4.78 is 24.2. The zero-order chi connectivity index (χ0) is 8.77. The highest BCUT2D eigenvalue weighted by molar-refractivity contribution is 7.94. The lowest BCUT2D eigenvalue weighted by Gasteiger charge is -2.21. The molecule has 0 aromatic heterocycles. The molecule has 0 saturated carbocycles. The van der Waals surface area contributed by atoms with Gasteiger partial charge >= 0.3 is 0 Å². The smallest absolute Gasteiger partial charge is 0.264 e. The summed E-state index contributed by atoms with van der Waals surface area (Å²) in [5.74, 6) is 5.13. The van der Waals surface area contributed by atoms with E-state index < -0.39 is 10.0 Å². The first-order valence-corrected chi connectivity index (χ1v) is 4.75. The van der Waals surface area contributed by atoms with Gasteiger partial charge in [0, 0.05) is 0 Å².